The molecule has 0 aliphatic heterocycles. The molecule has 0 atom stereocenters. The summed E-state index contributed by atoms with van der Waals surface area (Å²) in [5.41, 5.74) is -0.212. The van der Waals surface area contributed by atoms with E-state index in [-0.39, 0.29) is 11.4 Å². The second kappa shape index (κ2) is 6.30. The summed E-state index contributed by atoms with van der Waals surface area (Å²) in [6, 6.07) is 5.61. The molecule has 0 aliphatic carbocycles. The molecule has 1 aromatic rings. The smallest absolute Gasteiger partial charge is 0.329 e. The van der Waals surface area contributed by atoms with Crippen LogP contribution in [0.4, 0.5) is 11.4 Å². The lowest BCUT2D eigenvalue weighted by molar-refractivity contribution is -0.383. The van der Waals surface area contributed by atoms with E-state index in [1.807, 2.05) is 0 Å². The summed E-state index contributed by atoms with van der Waals surface area (Å²) in [6.45, 7) is -1.09. The van der Waals surface area contributed by atoms with Gasteiger partial charge in [0.1, 0.15) is 18.9 Å². The lowest BCUT2D eigenvalue weighted by Crippen LogP contribution is -2.21. The number of carboxylic acids is 1. The molecule has 0 aromatic heterocycles. The summed E-state index contributed by atoms with van der Waals surface area (Å²) >= 11 is 0. The third-order valence-corrected chi connectivity index (χ3v) is 1.83. The highest BCUT2D eigenvalue weighted by Crippen LogP contribution is 2.22. The number of carboxylic acid groups (broad SMARTS) is 1. The zero-order chi connectivity index (χ0) is 13.5. The van der Waals surface area contributed by atoms with Gasteiger partial charge in [0.2, 0.25) is 0 Å². The second-order valence-electron chi connectivity index (χ2n) is 3.21. The van der Waals surface area contributed by atoms with Gasteiger partial charge in [0, 0.05) is 6.07 Å². The van der Waals surface area contributed by atoms with Crippen molar-refractivity contribution >= 4 is 23.3 Å². The standard InChI is InChI=1S/C10H10N2O6/c13-9(5-18-6-10(14)15)11-7-3-1-2-4-8(7)12(16)17/h1-4H,5-6H2,(H,11,13)(H,14,15). The Morgan fingerprint density at radius 3 is 2.61 bits per heavy atom. The molecule has 0 unspecified atom stereocenters. The fourth-order valence-electron chi connectivity index (χ4n) is 1.16. The van der Waals surface area contributed by atoms with Crippen molar-refractivity contribution in [3.8, 4) is 0 Å². The van der Waals surface area contributed by atoms with E-state index in [1.54, 1.807) is 0 Å². The molecule has 1 amide bonds. The van der Waals surface area contributed by atoms with E-state index in [9.17, 15) is 19.7 Å². The van der Waals surface area contributed by atoms with Gasteiger partial charge in [-0.25, -0.2) is 4.79 Å². The largest absolute Gasteiger partial charge is 0.480 e. The first-order chi connectivity index (χ1) is 8.50. The number of aliphatic carboxylic acids is 1. The number of nitrogens with zero attached hydrogens (tertiary/aromatic N) is 1. The van der Waals surface area contributed by atoms with Crippen molar-refractivity contribution in [1.82, 2.24) is 0 Å². The minimum Gasteiger partial charge on any atom is -0.480 e. The van der Waals surface area contributed by atoms with Gasteiger partial charge in [0.15, 0.2) is 0 Å². The first-order valence-electron chi connectivity index (χ1n) is 4.83. The first kappa shape index (κ1) is 13.6. The fourth-order valence-corrected chi connectivity index (χ4v) is 1.16. The van der Waals surface area contributed by atoms with Crippen LogP contribution in [0.2, 0.25) is 0 Å². The molecule has 8 nitrogen and oxygen atoms in total. The predicted octanol–water partition coefficient (Wildman–Crippen LogP) is 0.634. The highest BCUT2D eigenvalue weighted by atomic mass is 16.6. The molecule has 96 valence electrons. The van der Waals surface area contributed by atoms with Gasteiger partial charge in [0.05, 0.1) is 4.92 Å². The van der Waals surface area contributed by atoms with Crippen LogP contribution in [0.25, 0.3) is 0 Å². The Balaban J connectivity index is 2.59. The molecule has 8 heteroatoms. The molecule has 0 aliphatic rings. The van der Waals surface area contributed by atoms with Crippen molar-refractivity contribution in [3.05, 3.63) is 34.4 Å². The Kier molecular flexibility index (Phi) is 4.76. The molecular weight excluding hydrogens is 244 g/mol. The average molecular weight is 254 g/mol. The third-order valence-electron chi connectivity index (χ3n) is 1.83. The van der Waals surface area contributed by atoms with Crippen LogP contribution in [0.5, 0.6) is 0 Å². The number of carbonyl (C=O) groups excluding carboxylic acids is 1. The van der Waals surface area contributed by atoms with E-state index in [2.05, 4.69) is 10.1 Å². The molecule has 0 spiro atoms. The zero-order valence-corrected chi connectivity index (χ0v) is 9.16. The van der Waals surface area contributed by atoms with Crippen LogP contribution in [0.3, 0.4) is 0 Å². The van der Waals surface area contributed by atoms with Gasteiger partial charge in [-0.3, -0.25) is 14.9 Å². The Labute approximate surface area is 101 Å². The SMILES string of the molecule is O=C(O)COCC(=O)Nc1ccccc1[N+](=O)[O-]. The maximum Gasteiger partial charge on any atom is 0.329 e. The summed E-state index contributed by atoms with van der Waals surface area (Å²) in [7, 11) is 0. The van der Waals surface area contributed by atoms with Crippen molar-refractivity contribution < 1.29 is 24.4 Å². The molecule has 0 bridgehead atoms. The molecule has 2 N–H and O–H groups in total. The highest BCUT2D eigenvalue weighted by molar-refractivity contribution is 5.94. The van der Waals surface area contributed by atoms with E-state index in [0.29, 0.717) is 0 Å². The van der Waals surface area contributed by atoms with Gasteiger partial charge in [-0.2, -0.15) is 0 Å². The molecule has 18 heavy (non-hydrogen) atoms. The van der Waals surface area contributed by atoms with Gasteiger partial charge in [0.25, 0.3) is 11.6 Å². The molecule has 1 aromatic carbocycles. The van der Waals surface area contributed by atoms with E-state index < -0.39 is 30.0 Å². The van der Waals surface area contributed by atoms with Crippen molar-refractivity contribution in [3.63, 3.8) is 0 Å². The Morgan fingerprint density at radius 2 is 2.00 bits per heavy atom. The summed E-state index contributed by atoms with van der Waals surface area (Å²) in [5.74, 6) is -1.86. The summed E-state index contributed by atoms with van der Waals surface area (Å²) in [4.78, 5) is 31.5. The van der Waals surface area contributed by atoms with Crippen LogP contribution in [0, 0.1) is 10.1 Å². The number of anilines is 1. The second-order valence-corrected chi connectivity index (χ2v) is 3.21. The number of nitro benzene ring substituents is 1. The maximum absolute atomic E-state index is 11.3. The van der Waals surface area contributed by atoms with Gasteiger partial charge in [-0.05, 0) is 6.07 Å². The zero-order valence-electron chi connectivity index (χ0n) is 9.16. The van der Waals surface area contributed by atoms with Crippen LogP contribution in [-0.2, 0) is 14.3 Å². The molecular formula is C10H10N2O6. The third kappa shape index (κ3) is 4.18. The van der Waals surface area contributed by atoms with Gasteiger partial charge >= 0.3 is 5.97 Å². The number of ether oxygens (including phenoxy) is 1. The molecule has 0 fully saturated rings. The normalized spacial score (nSPS) is 9.78. The molecule has 1 rings (SSSR count). The van der Waals surface area contributed by atoms with Crippen LogP contribution >= 0.6 is 0 Å². The Morgan fingerprint density at radius 1 is 1.33 bits per heavy atom. The van der Waals surface area contributed by atoms with E-state index in [0.717, 1.165) is 0 Å². The van der Waals surface area contributed by atoms with Crippen molar-refractivity contribution in [2.24, 2.45) is 0 Å². The number of nitrogens with one attached hydrogen (secondary N) is 1. The number of rotatable bonds is 6. The molecule has 0 radical (unpaired) electrons. The first-order valence-corrected chi connectivity index (χ1v) is 4.83. The number of nitro groups is 1. The number of hydrogen-bond acceptors (Lipinski definition) is 5. The quantitative estimate of drug-likeness (QED) is 0.567. The number of hydrogen-bond donors (Lipinski definition) is 2. The Hall–Kier alpha value is -2.48. The van der Waals surface area contributed by atoms with Crippen LogP contribution in [0.15, 0.2) is 24.3 Å². The highest BCUT2D eigenvalue weighted by Gasteiger charge is 2.14. The minimum absolute atomic E-state index is 0.0337. The number of benzene rings is 1. The van der Waals surface area contributed by atoms with Crippen molar-refractivity contribution in [2.45, 2.75) is 0 Å². The summed E-state index contributed by atoms with van der Waals surface area (Å²) < 4.78 is 4.55. The van der Waals surface area contributed by atoms with Crippen LogP contribution < -0.4 is 5.32 Å². The molecule has 0 saturated heterocycles. The maximum atomic E-state index is 11.3. The lowest BCUT2D eigenvalue weighted by Gasteiger charge is -2.05. The average Bonchev–Trinajstić information content (AvgIpc) is 2.28. The number of amides is 1. The number of para-hydroxylation sites is 2. The summed E-state index contributed by atoms with van der Waals surface area (Å²) in [6.07, 6.45) is 0. The van der Waals surface area contributed by atoms with E-state index >= 15 is 0 Å². The molecule has 0 saturated carbocycles. The molecule has 0 heterocycles. The predicted molar refractivity (Wildman–Crippen MR) is 60.2 cm³/mol. The lowest BCUT2D eigenvalue weighted by atomic mass is 10.2. The van der Waals surface area contributed by atoms with Gasteiger partial charge in [-0.1, -0.05) is 12.1 Å². The van der Waals surface area contributed by atoms with Gasteiger partial charge in [-0.15, -0.1) is 0 Å². The summed E-state index contributed by atoms with van der Waals surface area (Å²) in [5, 5.41) is 21.2. The van der Waals surface area contributed by atoms with Crippen molar-refractivity contribution in [2.75, 3.05) is 18.5 Å². The topological polar surface area (TPSA) is 119 Å². The van der Waals surface area contributed by atoms with Crippen LogP contribution in [-0.4, -0.2) is 35.1 Å². The monoisotopic (exact) mass is 254 g/mol. The van der Waals surface area contributed by atoms with Crippen molar-refractivity contribution in [1.29, 1.82) is 0 Å². The number of carbonyl (C=O) groups is 2. The van der Waals surface area contributed by atoms with Crippen LogP contribution in [0.1, 0.15) is 0 Å². The van der Waals surface area contributed by atoms with E-state index in [4.69, 9.17) is 5.11 Å². The minimum atomic E-state index is -1.20. The van der Waals surface area contributed by atoms with E-state index in [1.165, 1.54) is 24.3 Å². The van der Waals surface area contributed by atoms with Gasteiger partial charge < -0.3 is 15.2 Å². The fraction of sp³-hybridized carbons (Fsp3) is 0.200. The Bertz CT molecular complexity index is 473.